The minimum absolute atomic E-state index is 0. The van der Waals surface area contributed by atoms with E-state index in [0.717, 1.165) is 95.3 Å². The molecule has 8 aromatic carbocycles. The van der Waals surface area contributed by atoms with Gasteiger partial charge in [0.05, 0.1) is 14.2 Å². The van der Waals surface area contributed by atoms with Crippen LogP contribution in [0.5, 0.6) is 11.5 Å². The summed E-state index contributed by atoms with van der Waals surface area (Å²) in [5.41, 5.74) is 18.9. The molecule has 0 N–H and O–H groups in total. The molecule has 0 unspecified atom stereocenters. The maximum Gasteiger partial charge on any atom is 0.126 e. The normalized spacial score (nSPS) is 10.5. The summed E-state index contributed by atoms with van der Waals surface area (Å²) in [4.78, 5) is 18.0. The molecule has 83 heavy (non-hydrogen) atoms. The number of hydrogen-bond acceptors (Lipinski definition) is 6. The third-order valence-electron chi connectivity index (χ3n) is 12.8. The topological polar surface area (TPSA) is 70.0 Å². The first kappa shape index (κ1) is 60.2. The summed E-state index contributed by atoms with van der Waals surface area (Å²) < 4.78 is 41.8. The summed E-state index contributed by atoms with van der Waals surface area (Å²) in [6.07, 6.45) is 7.40. The standard InChI is InChI=1S/C19H16N.2C18H14NO.C18H14N.4Ir/c1-14-7-6-8-15(2)19(14)17-11-12-18(20-13-17)16-9-4-3-5-10-16;2*1-20-18-10-6-5-9-16(18)15-11-12-17(19-13-15)14-7-3-2-4-8-14;1-14-7-5-6-10-17(14)16-11-12-18(19-13-16)15-8-3-2-4-9-15;;;;/h3-9,11-13H,1-2H3;2*2-7,9-13H,1H3;2-8,10-13H,1H3;;;;/q4*-1;;;;/i3D,4D,5D,9D;;;;;;;. The average molecular weight is 1800 g/mol. The molecule has 0 bridgehead atoms. The predicted octanol–water partition coefficient (Wildman–Crippen LogP) is 17.8. The summed E-state index contributed by atoms with van der Waals surface area (Å²) in [6.45, 7) is 6.23. The Morgan fingerprint density at radius 3 is 1.08 bits per heavy atom. The molecule has 12 aromatic rings. The number of para-hydroxylation sites is 2. The predicted molar refractivity (Wildman–Crippen MR) is 323 cm³/mol. The van der Waals surface area contributed by atoms with Crippen LogP contribution in [0.3, 0.4) is 0 Å². The van der Waals surface area contributed by atoms with Crippen LogP contribution in [0.2, 0.25) is 0 Å². The van der Waals surface area contributed by atoms with Crippen molar-refractivity contribution >= 4 is 0 Å². The van der Waals surface area contributed by atoms with Gasteiger partial charge in [-0.05, 0) is 97.4 Å². The van der Waals surface area contributed by atoms with Crippen molar-refractivity contribution in [1.29, 1.82) is 0 Å². The largest absolute Gasteiger partial charge is 0.496 e. The summed E-state index contributed by atoms with van der Waals surface area (Å²) >= 11 is 0. The van der Waals surface area contributed by atoms with E-state index in [4.69, 9.17) is 15.0 Å². The van der Waals surface area contributed by atoms with Gasteiger partial charge < -0.3 is 29.4 Å². The molecule has 12 rings (SSSR count). The Morgan fingerprint density at radius 2 is 0.699 bits per heavy atom. The summed E-state index contributed by atoms with van der Waals surface area (Å²) in [7, 11) is 3.36. The van der Waals surface area contributed by atoms with E-state index in [2.05, 4.69) is 120 Å². The molecule has 0 saturated heterocycles. The van der Waals surface area contributed by atoms with Crippen molar-refractivity contribution < 1.29 is 95.4 Å². The smallest absolute Gasteiger partial charge is 0.126 e. The van der Waals surface area contributed by atoms with Crippen LogP contribution in [0.15, 0.2) is 261 Å². The van der Waals surface area contributed by atoms with Gasteiger partial charge in [-0.25, -0.2) is 0 Å². The molecule has 0 aliphatic heterocycles. The van der Waals surface area contributed by atoms with Crippen LogP contribution in [0.1, 0.15) is 22.2 Å². The average Bonchev–Trinajstić information content (AvgIpc) is 3.63. The fourth-order valence-electron chi connectivity index (χ4n) is 8.80. The van der Waals surface area contributed by atoms with Crippen molar-refractivity contribution in [2.45, 2.75) is 20.8 Å². The summed E-state index contributed by atoms with van der Waals surface area (Å²) in [6, 6.07) is 81.3. The van der Waals surface area contributed by atoms with E-state index in [0.29, 0.717) is 5.69 Å². The Morgan fingerprint density at radius 1 is 0.337 bits per heavy atom. The number of rotatable bonds is 10. The van der Waals surface area contributed by atoms with E-state index in [9.17, 15) is 0 Å². The Hall–Kier alpha value is -7.44. The van der Waals surface area contributed by atoms with Gasteiger partial charge in [0.2, 0.25) is 0 Å². The van der Waals surface area contributed by atoms with E-state index in [1.807, 2.05) is 170 Å². The van der Waals surface area contributed by atoms with Crippen LogP contribution in [0.25, 0.3) is 89.5 Å². The van der Waals surface area contributed by atoms with Gasteiger partial charge in [0.25, 0.3) is 0 Å². The maximum atomic E-state index is 7.99. The quantitative estimate of drug-likeness (QED) is 0.127. The molecule has 4 heterocycles. The number of aryl methyl sites for hydroxylation is 3. The molecular formula is C73H58Ir4N4O2-4. The molecule has 4 radical (unpaired) electrons. The summed E-state index contributed by atoms with van der Waals surface area (Å²) in [5, 5.41) is 0. The minimum Gasteiger partial charge on any atom is -0.496 e. The molecule has 0 fully saturated rings. The molecular weight excluding hydrogens is 1730 g/mol. The van der Waals surface area contributed by atoms with Gasteiger partial charge in [-0.3, -0.25) is 0 Å². The Labute approximate surface area is 549 Å². The second-order valence-electron chi connectivity index (χ2n) is 18.0. The summed E-state index contributed by atoms with van der Waals surface area (Å²) in [5.74, 6) is 1.71. The second-order valence-corrected chi connectivity index (χ2v) is 18.0. The van der Waals surface area contributed by atoms with Crippen LogP contribution < -0.4 is 9.47 Å². The van der Waals surface area contributed by atoms with Crippen LogP contribution in [-0.4, -0.2) is 34.2 Å². The van der Waals surface area contributed by atoms with E-state index in [-0.39, 0.29) is 110 Å². The maximum absolute atomic E-state index is 7.99. The first-order valence-corrected chi connectivity index (χ1v) is 25.7. The van der Waals surface area contributed by atoms with Crippen LogP contribution in [0, 0.1) is 45.0 Å². The van der Waals surface area contributed by atoms with Crippen LogP contribution in [-0.2, 0) is 80.4 Å². The number of ether oxygens (including phenoxy) is 2. The fourth-order valence-corrected chi connectivity index (χ4v) is 8.80. The van der Waals surface area contributed by atoms with Crippen molar-refractivity contribution in [3.63, 3.8) is 0 Å². The molecule has 4 aromatic heterocycles. The van der Waals surface area contributed by atoms with E-state index in [1.54, 1.807) is 26.5 Å². The number of nitrogens with zero attached hydrogens (tertiary/aromatic N) is 4. The van der Waals surface area contributed by atoms with Gasteiger partial charge >= 0.3 is 0 Å². The molecule has 10 heteroatoms. The zero-order valence-corrected chi connectivity index (χ0v) is 55.5. The van der Waals surface area contributed by atoms with Crippen molar-refractivity contribution in [3.05, 3.63) is 302 Å². The van der Waals surface area contributed by atoms with Crippen molar-refractivity contribution in [1.82, 2.24) is 19.9 Å². The molecule has 0 saturated carbocycles. The van der Waals surface area contributed by atoms with Gasteiger partial charge in [0.15, 0.2) is 0 Å². The van der Waals surface area contributed by atoms with Crippen LogP contribution in [0.4, 0.5) is 0 Å². The Kier molecular flexibility index (Phi) is 24.8. The van der Waals surface area contributed by atoms with Crippen molar-refractivity contribution in [2.24, 2.45) is 0 Å². The van der Waals surface area contributed by atoms with Gasteiger partial charge in [-0.15, -0.1) is 143 Å². The number of pyridine rings is 4. The van der Waals surface area contributed by atoms with Gasteiger partial charge in [-0.2, -0.15) is 0 Å². The molecule has 6 nitrogen and oxygen atoms in total. The minimum atomic E-state index is -0.282. The second kappa shape index (κ2) is 34.2. The van der Waals surface area contributed by atoms with Crippen LogP contribution >= 0.6 is 0 Å². The molecule has 0 amide bonds. The monoisotopic (exact) mass is 1800 g/mol. The third-order valence-corrected chi connectivity index (χ3v) is 12.8. The zero-order chi connectivity index (χ0) is 58.1. The first-order valence-electron chi connectivity index (χ1n) is 27.7. The van der Waals surface area contributed by atoms with E-state index in [1.165, 1.54) is 11.1 Å². The van der Waals surface area contributed by atoms with Gasteiger partial charge in [-0.1, -0.05) is 127 Å². The van der Waals surface area contributed by atoms with Gasteiger partial charge in [0.1, 0.15) is 11.5 Å². The fraction of sp³-hybridized carbons (Fsp3) is 0.0685. The number of aromatic nitrogens is 4. The molecule has 0 aliphatic carbocycles. The number of benzene rings is 8. The number of methoxy groups -OCH3 is 2. The molecule has 0 aliphatic rings. The van der Waals surface area contributed by atoms with Crippen molar-refractivity contribution in [2.75, 3.05) is 14.2 Å². The molecule has 0 atom stereocenters. The van der Waals surface area contributed by atoms with Crippen molar-refractivity contribution in [3.8, 4) is 101 Å². The third kappa shape index (κ3) is 18.0. The van der Waals surface area contributed by atoms with Gasteiger partial charge in [0, 0.05) is 130 Å². The molecule has 0 spiro atoms. The SMILES string of the molecule is COc1ccccc1-c1ccc(-c2[c-]cccc2)nc1.COc1ccccc1-c1ccc(-c2[c-]cccc2)nc1.Cc1ccccc1-c1ccc(-c2[c-]cccc2)nc1.[2H]c1[c-]c(-c2ccc(-c3c(C)cccc3C)cn2)c([2H])c([2H])c1[2H].[Ir].[Ir].[Ir].[Ir]. The molecule has 422 valence electrons. The Bertz CT molecular complexity index is 3910. The number of hydrogen-bond donors (Lipinski definition) is 0. The van der Waals surface area contributed by atoms with E-state index < -0.39 is 0 Å². The first-order chi connectivity index (χ1) is 40.5. The Balaban J connectivity index is 0.000000209. The van der Waals surface area contributed by atoms with E-state index >= 15 is 0 Å². The zero-order valence-electron chi connectivity index (χ0n) is 50.0.